The van der Waals surface area contributed by atoms with Gasteiger partial charge in [-0.1, -0.05) is 19.9 Å². The molecular weight excluding hydrogens is 352 g/mol. The van der Waals surface area contributed by atoms with Gasteiger partial charge in [0.25, 0.3) is 0 Å². The monoisotopic (exact) mass is 378 g/mol. The Morgan fingerprint density at radius 3 is 2.42 bits per heavy atom. The first-order valence-corrected chi connectivity index (χ1v) is 8.96. The van der Waals surface area contributed by atoms with Crippen molar-refractivity contribution >= 4 is 28.4 Å². The fourth-order valence-corrected chi connectivity index (χ4v) is 3.27. The predicted molar refractivity (Wildman–Crippen MR) is 97.0 cm³/mol. The Kier molecular flexibility index (Phi) is 8.91. The molecule has 0 heterocycles. The van der Waals surface area contributed by atoms with E-state index >= 15 is 0 Å². The number of nitrogens with two attached hydrogens (primary N) is 1. The zero-order valence-corrected chi connectivity index (χ0v) is 16.4. The molecule has 2 N–H and O–H groups in total. The third-order valence-corrected chi connectivity index (χ3v) is 5.81. The highest BCUT2D eigenvalue weighted by atomic mass is 35.5. The van der Waals surface area contributed by atoms with Crippen LogP contribution in [0.3, 0.4) is 0 Å². The Bertz CT molecular complexity index is 662. The van der Waals surface area contributed by atoms with Crippen LogP contribution in [0, 0.1) is 12.8 Å². The molecule has 1 unspecified atom stereocenters. The summed E-state index contributed by atoms with van der Waals surface area (Å²) in [6, 6.07) is 4.40. The number of halogens is 1. The summed E-state index contributed by atoms with van der Waals surface area (Å²) in [4.78, 5) is 11.8. The number of nitrogens with zero attached hydrogens (tertiary/aromatic N) is 1. The van der Waals surface area contributed by atoms with Gasteiger partial charge in [-0.25, -0.2) is 17.5 Å². The number of methoxy groups -OCH3 is 1. The average Bonchev–Trinajstić information content (AvgIpc) is 2.51. The highest BCUT2D eigenvalue weighted by Crippen LogP contribution is 2.20. The van der Waals surface area contributed by atoms with Gasteiger partial charge < -0.3 is 10.5 Å². The second-order valence-electron chi connectivity index (χ2n) is 5.99. The highest BCUT2D eigenvalue weighted by Gasteiger charge is 2.23. The number of ether oxygens (including phenoxy) is 1. The molecule has 1 aromatic rings. The van der Waals surface area contributed by atoms with Crippen molar-refractivity contribution in [1.82, 2.24) is 4.31 Å². The van der Waals surface area contributed by atoms with Crippen LogP contribution >= 0.6 is 12.4 Å². The van der Waals surface area contributed by atoms with Gasteiger partial charge in [0.15, 0.2) is 0 Å². The zero-order chi connectivity index (χ0) is 17.8. The number of sulfonamides is 1. The molecule has 0 aliphatic heterocycles. The molecule has 1 atom stereocenters. The Labute approximate surface area is 150 Å². The minimum atomic E-state index is -3.67. The Hall–Kier alpha value is -1.15. The molecule has 0 bridgehead atoms. The first kappa shape index (κ1) is 22.9. The van der Waals surface area contributed by atoms with E-state index in [1.807, 2.05) is 13.8 Å². The number of rotatable bonds is 7. The molecule has 24 heavy (non-hydrogen) atoms. The standard InChI is InChI=1S/C16H26N2O4S.ClH/c1-11(2)15(17)8-9-18(4)23(20,21)13-7-6-12(3)14(10-13)16(19)22-5;/h6-7,10-11,15H,8-9,17H2,1-5H3;1H. The number of hydrogen-bond donors (Lipinski definition) is 1. The summed E-state index contributed by atoms with van der Waals surface area (Å²) in [7, 11) is -0.891. The molecule has 0 saturated carbocycles. The van der Waals surface area contributed by atoms with Gasteiger partial charge >= 0.3 is 5.97 Å². The minimum absolute atomic E-state index is 0. The summed E-state index contributed by atoms with van der Waals surface area (Å²) < 4.78 is 31.2. The van der Waals surface area contributed by atoms with Gasteiger partial charge in [0.1, 0.15) is 0 Å². The molecular formula is C16H27ClN2O4S. The van der Waals surface area contributed by atoms with Crippen LogP contribution in [0.15, 0.2) is 23.1 Å². The SMILES string of the molecule is COC(=O)c1cc(S(=O)(=O)N(C)CCC(N)C(C)C)ccc1C.Cl. The summed E-state index contributed by atoms with van der Waals surface area (Å²) >= 11 is 0. The molecule has 0 saturated heterocycles. The molecule has 1 rings (SSSR count). The van der Waals surface area contributed by atoms with Gasteiger partial charge in [-0.15, -0.1) is 12.4 Å². The Morgan fingerprint density at radius 1 is 1.33 bits per heavy atom. The van der Waals surface area contributed by atoms with Crippen LogP contribution in [0.2, 0.25) is 0 Å². The topological polar surface area (TPSA) is 89.7 Å². The normalized spacial score (nSPS) is 12.8. The van der Waals surface area contributed by atoms with Crippen LogP contribution in [0.25, 0.3) is 0 Å². The number of carbonyl (C=O) groups excluding carboxylic acids is 1. The molecule has 138 valence electrons. The first-order valence-electron chi connectivity index (χ1n) is 7.52. The van der Waals surface area contributed by atoms with E-state index in [0.717, 1.165) is 0 Å². The van der Waals surface area contributed by atoms with Gasteiger partial charge in [0.05, 0.1) is 17.6 Å². The number of benzene rings is 1. The lowest BCUT2D eigenvalue weighted by atomic mass is 10.0. The second-order valence-corrected chi connectivity index (χ2v) is 8.04. The maximum absolute atomic E-state index is 12.6. The van der Waals surface area contributed by atoms with Gasteiger partial charge in [-0.3, -0.25) is 0 Å². The molecule has 1 aromatic carbocycles. The van der Waals surface area contributed by atoms with E-state index in [4.69, 9.17) is 5.73 Å². The van der Waals surface area contributed by atoms with Gasteiger partial charge in [-0.05, 0) is 37.0 Å². The summed E-state index contributed by atoms with van der Waals surface area (Å²) in [5.41, 5.74) is 6.88. The zero-order valence-electron chi connectivity index (χ0n) is 14.8. The van der Waals surface area contributed by atoms with Crippen molar-refractivity contribution < 1.29 is 17.9 Å². The maximum Gasteiger partial charge on any atom is 0.338 e. The molecule has 0 aliphatic rings. The second kappa shape index (κ2) is 9.36. The lowest BCUT2D eigenvalue weighted by molar-refractivity contribution is 0.0599. The van der Waals surface area contributed by atoms with E-state index < -0.39 is 16.0 Å². The van der Waals surface area contributed by atoms with Gasteiger partial charge in [0, 0.05) is 19.6 Å². The molecule has 0 amide bonds. The van der Waals surface area contributed by atoms with Crippen LogP contribution in [0.1, 0.15) is 36.2 Å². The van der Waals surface area contributed by atoms with Crippen molar-refractivity contribution in [3.8, 4) is 0 Å². The van der Waals surface area contributed by atoms with Gasteiger partial charge in [-0.2, -0.15) is 0 Å². The highest BCUT2D eigenvalue weighted by molar-refractivity contribution is 7.89. The van der Waals surface area contributed by atoms with E-state index in [0.29, 0.717) is 18.5 Å². The van der Waals surface area contributed by atoms with Gasteiger partial charge in [0.2, 0.25) is 10.0 Å². The molecule has 0 aromatic heterocycles. The molecule has 0 radical (unpaired) electrons. The van der Waals surface area contributed by atoms with Crippen molar-refractivity contribution in [1.29, 1.82) is 0 Å². The third-order valence-electron chi connectivity index (χ3n) is 3.96. The summed E-state index contributed by atoms with van der Waals surface area (Å²) in [6.07, 6.45) is 0.573. The number of carbonyl (C=O) groups is 1. The van der Waals surface area contributed by atoms with Crippen LogP contribution in [0.5, 0.6) is 0 Å². The van der Waals surface area contributed by atoms with E-state index in [9.17, 15) is 13.2 Å². The largest absolute Gasteiger partial charge is 0.465 e. The predicted octanol–water partition coefficient (Wildman–Crippen LogP) is 2.20. The van der Waals surface area contributed by atoms with Crippen molar-refractivity contribution in [3.05, 3.63) is 29.3 Å². The van der Waals surface area contributed by atoms with Crippen molar-refractivity contribution in [2.45, 2.75) is 38.1 Å². The number of hydrogen-bond acceptors (Lipinski definition) is 5. The first-order chi connectivity index (χ1) is 10.6. The van der Waals surface area contributed by atoms with Crippen LogP contribution < -0.4 is 5.73 Å². The fraction of sp³-hybridized carbons (Fsp3) is 0.562. The van der Waals surface area contributed by atoms with Crippen LogP contribution in [-0.2, 0) is 14.8 Å². The summed E-state index contributed by atoms with van der Waals surface area (Å²) in [5, 5.41) is 0. The van der Waals surface area contributed by atoms with Crippen LogP contribution in [-0.4, -0.2) is 45.4 Å². The maximum atomic E-state index is 12.6. The van der Waals surface area contributed by atoms with E-state index in [-0.39, 0.29) is 34.8 Å². The third kappa shape index (κ3) is 5.44. The van der Waals surface area contributed by atoms with Crippen LogP contribution in [0.4, 0.5) is 0 Å². The molecule has 0 aliphatic carbocycles. The van der Waals surface area contributed by atoms with Crippen molar-refractivity contribution in [3.63, 3.8) is 0 Å². The fourth-order valence-electron chi connectivity index (χ4n) is 2.06. The molecule has 8 heteroatoms. The van der Waals surface area contributed by atoms with E-state index in [1.54, 1.807) is 13.0 Å². The Morgan fingerprint density at radius 2 is 1.92 bits per heavy atom. The van der Waals surface area contributed by atoms with E-state index in [2.05, 4.69) is 4.74 Å². The average molecular weight is 379 g/mol. The Balaban J connectivity index is 0.00000529. The van der Waals surface area contributed by atoms with E-state index in [1.165, 1.54) is 30.6 Å². The number of esters is 1. The quantitative estimate of drug-likeness (QED) is 0.734. The smallest absolute Gasteiger partial charge is 0.338 e. The molecule has 0 spiro atoms. The van der Waals surface area contributed by atoms with Crippen molar-refractivity contribution in [2.75, 3.05) is 20.7 Å². The summed E-state index contributed by atoms with van der Waals surface area (Å²) in [6.45, 7) is 6.06. The summed E-state index contributed by atoms with van der Waals surface area (Å²) in [5.74, 6) is -0.263. The minimum Gasteiger partial charge on any atom is -0.465 e. The molecule has 0 fully saturated rings. The van der Waals surface area contributed by atoms with Crippen molar-refractivity contribution in [2.24, 2.45) is 11.7 Å². The molecule has 6 nitrogen and oxygen atoms in total. The lowest BCUT2D eigenvalue weighted by Gasteiger charge is -2.21. The lowest BCUT2D eigenvalue weighted by Crippen LogP contribution is -2.34. The number of aryl methyl sites for hydroxylation is 1.